The quantitative estimate of drug-likeness (QED) is 0.849. The highest BCUT2D eigenvalue weighted by molar-refractivity contribution is 7.15. The Labute approximate surface area is 110 Å². The number of benzene rings is 1. The topological polar surface area (TPSA) is 38.9 Å². The lowest BCUT2D eigenvalue weighted by Crippen LogP contribution is -2.08. The van der Waals surface area contributed by atoms with Gasteiger partial charge in [-0.3, -0.25) is 0 Å². The van der Waals surface area contributed by atoms with Gasteiger partial charge in [-0.25, -0.2) is 9.37 Å². The van der Waals surface area contributed by atoms with E-state index in [1.165, 1.54) is 12.3 Å². The molecule has 0 amide bonds. The van der Waals surface area contributed by atoms with E-state index >= 15 is 0 Å². The van der Waals surface area contributed by atoms with Crippen LogP contribution in [0.1, 0.15) is 23.4 Å². The van der Waals surface area contributed by atoms with Gasteiger partial charge in [-0.05, 0) is 19.1 Å². The van der Waals surface area contributed by atoms with Crippen LogP contribution >= 0.6 is 11.3 Å². The van der Waals surface area contributed by atoms with E-state index in [9.17, 15) is 17.6 Å². The van der Waals surface area contributed by atoms with Crippen LogP contribution in [-0.2, 0) is 6.18 Å². The smallest absolute Gasteiger partial charge is 0.323 e. The summed E-state index contributed by atoms with van der Waals surface area (Å²) in [6.07, 6.45) is -3.27. The predicted octanol–water partition coefficient (Wildman–Crippen LogP) is 3.99. The van der Waals surface area contributed by atoms with Crippen molar-refractivity contribution in [1.82, 2.24) is 4.98 Å². The molecule has 2 N–H and O–H groups in total. The van der Waals surface area contributed by atoms with Crippen molar-refractivity contribution < 1.29 is 17.6 Å². The van der Waals surface area contributed by atoms with Crippen molar-refractivity contribution in [1.29, 1.82) is 0 Å². The molecule has 1 aromatic carbocycles. The van der Waals surface area contributed by atoms with Gasteiger partial charge in [0.15, 0.2) is 0 Å². The fraction of sp³-hybridized carbons (Fsp3) is 0.250. The lowest BCUT2D eigenvalue weighted by atomic mass is 10.1. The minimum Gasteiger partial charge on any atom is -0.323 e. The van der Waals surface area contributed by atoms with Gasteiger partial charge in [-0.1, -0.05) is 6.07 Å². The third-order valence-corrected chi connectivity index (χ3v) is 3.74. The summed E-state index contributed by atoms with van der Waals surface area (Å²) in [5, 5.41) is 0.191. The number of nitrogens with two attached hydrogens (primary N) is 1. The molecule has 2 aromatic rings. The van der Waals surface area contributed by atoms with E-state index in [0.717, 1.165) is 17.4 Å². The third-order valence-electron chi connectivity index (χ3n) is 2.51. The molecule has 19 heavy (non-hydrogen) atoms. The maximum atomic E-state index is 13.9. The molecular weight excluding hydrogens is 280 g/mol. The lowest BCUT2D eigenvalue weighted by Gasteiger charge is -2.09. The molecule has 1 atom stereocenters. The highest BCUT2D eigenvalue weighted by Crippen LogP contribution is 2.37. The number of aromatic nitrogens is 1. The summed E-state index contributed by atoms with van der Waals surface area (Å²) >= 11 is 1.08. The Bertz CT molecular complexity index is 590. The first-order valence-electron chi connectivity index (χ1n) is 5.38. The number of thiazole rings is 1. The van der Waals surface area contributed by atoms with E-state index < -0.39 is 17.6 Å². The highest BCUT2D eigenvalue weighted by atomic mass is 32.1. The minimum atomic E-state index is -4.72. The Morgan fingerprint density at radius 3 is 2.53 bits per heavy atom. The van der Waals surface area contributed by atoms with Crippen LogP contribution in [0.5, 0.6) is 0 Å². The Morgan fingerprint density at radius 1 is 1.32 bits per heavy atom. The van der Waals surface area contributed by atoms with E-state index in [0.29, 0.717) is 10.9 Å². The number of hydrogen-bond donors (Lipinski definition) is 1. The van der Waals surface area contributed by atoms with Crippen molar-refractivity contribution in [2.24, 2.45) is 5.73 Å². The Balaban J connectivity index is 2.51. The van der Waals surface area contributed by atoms with E-state index in [2.05, 4.69) is 4.98 Å². The summed E-state index contributed by atoms with van der Waals surface area (Å²) in [4.78, 5) is 4.61. The molecule has 2 nitrogen and oxygen atoms in total. The second kappa shape index (κ2) is 4.90. The molecule has 1 unspecified atom stereocenters. The Morgan fingerprint density at radius 2 is 2.00 bits per heavy atom. The lowest BCUT2D eigenvalue weighted by molar-refractivity contribution is -0.139. The average molecular weight is 290 g/mol. The van der Waals surface area contributed by atoms with Crippen molar-refractivity contribution in [2.45, 2.75) is 19.1 Å². The maximum absolute atomic E-state index is 13.9. The maximum Gasteiger partial charge on any atom is 0.419 e. The van der Waals surface area contributed by atoms with E-state index in [1.807, 2.05) is 0 Å². The molecule has 102 valence electrons. The van der Waals surface area contributed by atoms with Crippen LogP contribution in [0, 0.1) is 5.82 Å². The number of halogens is 4. The molecule has 0 saturated carbocycles. The molecule has 1 aromatic heterocycles. The SMILES string of the molecule is CC(N)c1cnc(-c2cccc(C(F)(F)F)c2F)s1. The van der Waals surface area contributed by atoms with Crippen LogP contribution in [0.4, 0.5) is 17.6 Å². The standard InChI is InChI=1S/C12H10F4N2S/c1-6(17)9-5-18-11(19-9)7-3-2-4-8(10(7)13)12(14,15)16/h2-6H,17H2,1H3. The van der Waals surface area contributed by atoms with Crippen LogP contribution in [-0.4, -0.2) is 4.98 Å². The minimum absolute atomic E-state index is 0.160. The average Bonchev–Trinajstić information content (AvgIpc) is 2.77. The van der Waals surface area contributed by atoms with Gasteiger partial charge in [0.05, 0.1) is 5.56 Å². The van der Waals surface area contributed by atoms with Crippen molar-refractivity contribution in [2.75, 3.05) is 0 Å². The molecule has 0 bridgehead atoms. The summed E-state index contributed by atoms with van der Waals surface area (Å²) in [6.45, 7) is 1.72. The summed E-state index contributed by atoms with van der Waals surface area (Å²) in [5.74, 6) is -1.31. The van der Waals surface area contributed by atoms with Crippen LogP contribution in [0.25, 0.3) is 10.6 Å². The number of hydrogen-bond acceptors (Lipinski definition) is 3. The first-order chi connectivity index (χ1) is 8.80. The number of nitrogens with zero attached hydrogens (tertiary/aromatic N) is 1. The molecule has 1 heterocycles. The Kier molecular flexibility index (Phi) is 3.60. The van der Waals surface area contributed by atoms with Crippen molar-refractivity contribution in [3.05, 3.63) is 40.7 Å². The van der Waals surface area contributed by atoms with Crippen LogP contribution in [0.2, 0.25) is 0 Å². The van der Waals surface area contributed by atoms with Gasteiger partial charge in [0.2, 0.25) is 0 Å². The molecule has 0 fully saturated rings. The zero-order valence-electron chi connectivity index (χ0n) is 9.83. The first kappa shape index (κ1) is 14.0. The van der Waals surface area contributed by atoms with Crippen molar-refractivity contribution in [3.8, 4) is 10.6 Å². The van der Waals surface area contributed by atoms with Crippen LogP contribution < -0.4 is 5.73 Å². The molecule has 0 aliphatic carbocycles. The monoisotopic (exact) mass is 290 g/mol. The van der Waals surface area contributed by atoms with Crippen LogP contribution in [0.3, 0.4) is 0 Å². The van der Waals surface area contributed by atoms with Gasteiger partial charge < -0.3 is 5.73 Å². The van der Waals surface area contributed by atoms with Gasteiger partial charge in [0.1, 0.15) is 10.8 Å². The Hall–Kier alpha value is -1.47. The predicted molar refractivity (Wildman–Crippen MR) is 65.1 cm³/mol. The molecule has 0 spiro atoms. The first-order valence-corrected chi connectivity index (χ1v) is 6.19. The number of rotatable bonds is 2. The normalized spacial score (nSPS) is 13.6. The summed E-state index contributed by atoms with van der Waals surface area (Å²) in [6, 6.07) is 2.85. The van der Waals surface area contributed by atoms with Crippen molar-refractivity contribution in [3.63, 3.8) is 0 Å². The van der Waals surface area contributed by atoms with E-state index in [4.69, 9.17) is 5.73 Å². The van der Waals surface area contributed by atoms with Gasteiger partial charge in [0, 0.05) is 22.7 Å². The fourth-order valence-corrected chi connectivity index (χ4v) is 2.43. The molecular formula is C12H10F4N2S. The molecule has 0 saturated heterocycles. The molecule has 0 aliphatic rings. The van der Waals surface area contributed by atoms with Gasteiger partial charge in [-0.2, -0.15) is 13.2 Å². The zero-order valence-corrected chi connectivity index (χ0v) is 10.6. The molecule has 0 radical (unpaired) electrons. The zero-order chi connectivity index (χ0) is 14.2. The molecule has 0 aliphatic heterocycles. The second-order valence-electron chi connectivity index (χ2n) is 4.02. The van der Waals surface area contributed by atoms with Crippen LogP contribution in [0.15, 0.2) is 24.4 Å². The third kappa shape index (κ3) is 2.76. The van der Waals surface area contributed by atoms with Gasteiger partial charge >= 0.3 is 6.18 Å². The van der Waals surface area contributed by atoms with Gasteiger partial charge in [-0.15, -0.1) is 11.3 Å². The molecule has 2 rings (SSSR count). The van der Waals surface area contributed by atoms with E-state index in [1.54, 1.807) is 6.92 Å². The summed E-state index contributed by atoms with van der Waals surface area (Å²) in [7, 11) is 0. The summed E-state index contributed by atoms with van der Waals surface area (Å²) < 4.78 is 51.7. The summed E-state index contributed by atoms with van der Waals surface area (Å²) in [5.41, 5.74) is 4.19. The molecule has 7 heteroatoms. The van der Waals surface area contributed by atoms with Crippen molar-refractivity contribution >= 4 is 11.3 Å². The highest BCUT2D eigenvalue weighted by Gasteiger charge is 2.35. The fourth-order valence-electron chi connectivity index (χ4n) is 1.54. The van der Waals surface area contributed by atoms with Gasteiger partial charge in [0.25, 0.3) is 0 Å². The largest absolute Gasteiger partial charge is 0.419 e. The number of alkyl halides is 3. The van der Waals surface area contributed by atoms with E-state index in [-0.39, 0.29) is 16.6 Å². The second-order valence-corrected chi connectivity index (χ2v) is 5.08.